The van der Waals surface area contributed by atoms with Crippen LogP contribution in [0.1, 0.15) is 26.7 Å². The fourth-order valence-corrected chi connectivity index (χ4v) is 1.79. The van der Waals surface area contributed by atoms with Gasteiger partial charge in [-0.3, -0.25) is 9.59 Å². The molecule has 4 atom stereocenters. The minimum Gasteiger partial charge on any atom is -0.352 e. The van der Waals surface area contributed by atoms with Crippen LogP contribution in [0.25, 0.3) is 0 Å². The van der Waals surface area contributed by atoms with Crippen molar-refractivity contribution in [2.24, 2.45) is 11.5 Å². The Morgan fingerprint density at radius 3 is 1.22 bits per heavy atom. The molecule has 2 aliphatic rings. The van der Waals surface area contributed by atoms with E-state index in [2.05, 4.69) is 10.6 Å². The summed E-state index contributed by atoms with van der Waals surface area (Å²) in [6, 6.07) is 0.0324. The summed E-state index contributed by atoms with van der Waals surface area (Å²) in [5.41, 5.74) is 10.7. The lowest BCUT2D eigenvalue weighted by molar-refractivity contribution is -0.121. The van der Waals surface area contributed by atoms with E-state index in [1.54, 1.807) is 0 Å². The van der Waals surface area contributed by atoms with Crippen LogP contribution in [0.5, 0.6) is 0 Å². The van der Waals surface area contributed by atoms with Crippen LogP contribution in [-0.4, -0.2) is 36.0 Å². The molecule has 8 heteroatoms. The first-order valence-electron chi connectivity index (χ1n) is 5.52. The number of rotatable bonds is 0. The van der Waals surface area contributed by atoms with Gasteiger partial charge in [-0.05, 0) is 26.7 Å². The molecule has 2 heterocycles. The second-order valence-corrected chi connectivity index (χ2v) is 4.50. The molecule has 0 saturated carbocycles. The second-order valence-electron chi connectivity index (χ2n) is 4.50. The Labute approximate surface area is 119 Å². The molecule has 2 saturated heterocycles. The molecule has 0 aliphatic carbocycles. The fraction of sp³-hybridized carbons (Fsp3) is 0.800. The summed E-state index contributed by atoms with van der Waals surface area (Å²) in [7, 11) is 0. The van der Waals surface area contributed by atoms with Gasteiger partial charge in [-0.2, -0.15) is 0 Å². The zero-order valence-corrected chi connectivity index (χ0v) is 12.1. The number of carbonyl (C=O) groups excluding carboxylic acids is 2. The van der Waals surface area contributed by atoms with Crippen molar-refractivity contribution in [3.05, 3.63) is 0 Å². The van der Waals surface area contributed by atoms with Gasteiger partial charge in [0.05, 0.1) is 12.1 Å². The van der Waals surface area contributed by atoms with Crippen molar-refractivity contribution in [3.8, 4) is 0 Å². The van der Waals surface area contributed by atoms with E-state index in [0.29, 0.717) is 0 Å². The number of hydrogen-bond donors (Lipinski definition) is 4. The maximum atomic E-state index is 10.5. The predicted molar refractivity (Wildman–Crippen MR) is 74.9 cm³/mol. The van der Waals surface area contributed by atoms with Crippen molar-refractivity contribution in [1.29, 1.82) is 0 Å². The molecule has 6 N–H and O–H groups in total. The molecule has 2 rings (SSSR count). The molecule has 2 aliphatic heterocycles. The van der Waals surface area contributed by atoms with Crippen molar-refractivity contribution < 1.29 is 9.59 Å². The Balaban J connectivity index is 0. The molecule has 6 nitrogen and oxygen atoms in total. The first kappa shape index (κ1) is 19.8. The Morgan fingerprint density at radius 1 is 0.889 bits per heavy atom. The largest absolute Gasteiger partial charge is 0.352 e. The fourth-order valence-electron chi connectivity index (χ4n) is 1.79. The van der Waals surface area contributed by atoms with Gasteiger partial charge >= 0.3 is 0 Å². The number of nitrogens with two attached hydrogens (primary N) is 2. The minimum absolute atomic E-state index is 0. The van der Waals surface area contributed by atoms with Crippen LogP contribution in [0.15, 0.2) is 0 Å². The van der Waals surface area contributed by atoms with E-state index in [9.17, 15) is 9.59 Å². The Bertz CT molecular complexity index is 263. The van der Waals surface area contributed by atoms with Gasteiger partial charge in [-0.1, -0.05) is 0 Å². The lowest BCUT2D eigenvalue weighted by Gasteiger charge is -1.95. The van der Waals surface area contributed by atoms with Crippen molar-refractivity contribution >= 4 is 36.6 Å². The Morgan fingerprint density at radius 2 is 1.17 bits per heavy atom. The van der Waals surface area contributed by atoms with E-state index < -0.39 is 0 Å². The summed E-state index contributed by atoms with van der Waals surface area (Å²) < 4.78 is 0. The van der Waals surface area contributed by atoms with Gasteiger partial charge in [0.2, 0.25) is 11.8 Å². The van der Waals surface area contributed by atoms with Gasteiger partial charge in [0.25, 0.3) is 0 Å². The normalized spacial score (nSPS) is 33.3. The first-order chi connectivity index (χ1) is 7.40. The van der Waals surface area contributed by atoms with Crippen LogP contribution in [0.2, 0.25) is 0 Å². The smallest absolute Gasteiger partial charge is 0.237 e. The average molecular weight is 301 g/mol. The zero-order valence-electron chi connectivity index (χ0n) is 10.5. The van der Waals surface area contributed by atoms with E-state index in [1.807, 2.05) is 13.8 Å². The van der Waals surface area contributed by atoms with Crippen molar-refractivity contribution in [2.45, 2.75) is 50.9 Å². The molecule has 108 valence electrons. The lowest BCUT2D eigenvalue weighted by atomic mass is 10.2. The third-order valence-corrected chi connectivity index (χ3v) is 2.67. The summed E-state index contributed by atoms with van der Waals surface area (Å²) in [5, 5.41) is 5.41. The highest BCUT2D eigenvalue weighted by atomic mass is 35.5. The molecule has 0 aromatic rings. The van der Waals surface area contributed by atoms with Crippen LogP contribution in [0.4, 0.5) is 0 Å². The third-order valence-electron chi connectivity index (χ3n) is 2.67. The number of carbonyl (C=O) groups is 2. The highest BCUT2D eigenvalue weighted by Gasteiger charge is 2.25. The van der Waals surface area contributed by atoms with E-state index in [0.717, 1.165) is 12.8 Å². The molecule has 18 heavy (non-hydrogen) atoms. The summed E-state index contributed by atoms with van der Waals surface area (Å²) in [4.78, 5) is 21.1. The van der Waals surface area contributed by atoms with Crippen LogP contribution in [-0.2, 0) is 9.59 Å². The van der Waals surface area contributed by atoms with E-state index in [4.69, 9.17) is 11.5 Å². The van der Waals surface area contributed by atoms with Gasteiger partial charge in [-0.15, -0.1) is 24.8 Å². The van der Waals surface area contributed by atoms with Crippen LogP contribution < -0.4 is 22.1 Å². The molecule has 0 unspecified atom stereocenters. The summed E-state index contributed by atoms with van der Waals surface area (Å²) in [6.45, 7) is 3.90. The minimum atomic E-state index is -0.259. The summed E-state index contributed by atoms with van der Waals surface area (Å²) in [6.07, 6.45) is 1.55. The molecule has 0 aromatic heterocycles. The number of hydrogen-bond acceptors (Lipinski definition) is 4. The molecule has 0 bridgehead atoms. The Hall–Kier alpha value is -0.560. The average Bonchev–Trinajstić information content (AvgIpc) is 2.58. The maximum absolute atomic E-state index is 10.5. The zero-order chi connectivity index (χ0) is 12.3. The predicted octanol–water partition coefficient (Wildman–Crippen LogP) is -0.712. The summed E-state index contributed by atoms with van der Waals surface area (Å²) in [5.74, 6) is -0.0324. The molecule has 2 amide bonds. The topological polar surface area (TPSA) is 110 Å². The number of halogens is 2. The van der Waals surface area contributed by atoms with Gasteiger partial charge in [-0.25, -0.2) is 0 Å². The maximum Gasteiger partial charge on any atom is 0.237 e. The van der Waals surface area contributed by atoms with Crippen LogP contribution in [0, 0.1) is 0 Å². The number of nitrogens with one attached hydrogen (secondary N) is 2. The second kappa shape index (κ2) is 8.53. The molecule has 0 aromatic carbocycles. The van der Waals surface area contributed by atoms with Crippen molar-refractivity contribution in [2.75, 3.05) is 0 Å². The highest BCUT2D eigenvalue weighted by molar-refractivity contribution is 5.86. The lowest BCUT2D eigenvalue weighted by Crippen LogP contribution is -2.30. The van der Waals surface area contributed by atoms with Crippen molar-refractivity contribution in [1.82, 2.24) is 10.6 Å². The molecule has 0 spiro atoms. The Kier molecular flexibility index (Phi) is 9.37. The standard InChI is InChI=1S/2C5H10N2O.2ClH/c2*1-3-2-4(6)5(8)7-3;;/h2*3-4H,2,6H2,1H3,(H,7,8);2*1H/t2*3-,4-;;/m10../s1. The SMILES string of the molecule is C[C@@H]1C[C@@H](N)C(=O)N1.C[C@H]1C[C@H](N)C(=O)N1.Cl.Cl. The molecular formula is C10H22Cl2N4O2. The third kappa shape index (κ3) is 5.86. The van der Waals surface area contributed by atoms with E-state index >= 15 is 0 Å². The molecule has 2 fully saturated rings. The van der Waals surface area contributed by atoms with E-state index in [-0.39, 0.29) is 60.8 Å². The number of amides is 2. The van der Waals surface area contributed by atoms with Crippen molar-refractivity contribution in [3.63, 3.8) is 0 Å². The molecule has 0 radical (unpaired) electrons. The van der Waals surface area contributed by atoms with Gasteiger partial charge in [0, 0.05) is 12.1 Å². The van der Waals surface area contributed by atoms with Gasteiger partial charge in [0.1, 0.15) is 0 Å². The van der Waals surface area contributed by atoms with Gasteiger partial charge in [0.15, 0.2) is 0 Å². The first-order valence-corrected chi connectivity index (χ1v) is 5.52. The van der Waals surface area contributed by atoms with E-state index in [1.165, 1.54) is 0 Å². The summed E-state index contributed by atoms with van der Waals surface area (Å²) >= 11 is 0. The van der Waals surface area contributed by atoms with Gasteiger partial charge < -0.3 is 22.1 Å². The van der Waals surface area contributed by atoms with Crippen LogP contribution in [0.3, 0.4) is 0 Å². The molecular weight excluding hydrogens is 279 g/mol. The quantitative estimate of drug-likeness (QED) is 0.473. The highest BCUT2D eigenvalue weighted by Crippen LogP contribution is 2.03. The monoisotopic (exact) mass is 300 g/mol. The van der Waals surface area contributed by atoms with Crippen LogP contribution >= 0.6 is 24.8 Å².